The van der Waals surface area contributed by atoms with Crippen LogP contribution in [0.4, 0.5) is 30.6 Å². The number of ether oxygens (including phenoxy) is 1. The van der Waals surface area contributed by atoms with Crippen molar-refractivity contribution in [3.63, 3.8) is 0 Å². The summed E-state index contributed by atoms with van der Waals surface area (Å²) in [5.74, 6) is 1.58. The SMILES string of the molecule is C=N/C(=C\N=C(/C)OC[C@H]1C[C@@H](Nc2nc(C)c3c(n2)N(C)C(C(C)C)C(=O)N3)C1)C(F)(F)F. The minimum atomic E-state index is -4.61. The number of hydrogen-bond donors (Lipinski definition) is 2. The number of alkyl halides is 3. The first-order valence-electron chi connectivity index (χ1n) is 11.0. The molecule has 1 aliphatic carbocycles. The molecule has 34 heavy (non-hydrogen) atoms. The highest BCUT2D eigenvalue weighted by molar-refractivity contribution is 6.03. The first-order valence-corrected chi connectivity index (χ1v) is 11.0. The van der Waals surface area contributed by atoms with Crippen molar-refractivity contribution in [2.45, 2.75) is 58.8 Å². The van der Waals surface area contributed by atoms with Crippen LogP contribution in [0.1, 0.15) is 39.3 Å². The lowest BCUT2D eigenvalue weighted by atomic mass is 9.81. The van der Waals surface area contributed by atoms with Crippen LogP contribution in [0, 0.1) is 18.8 Å². The van der Waals surface area contributed by atoms with Gasteiger partial charge in [-0.3, -0.25) is 9.79 Å². The monoisotopic (exact) mass is 481 g/mol. The van der Waals surface area contributed by atoms with Gasteiger partial charge in [0.05, 0.1) is 18.5 Å². The Morgan fingerprint density at radius 3 is 2.65 bits per heavy atom. The molecule has 1 aromatic rings. The van der Waals surface area contributed by atoms with Crippen molar-refractivity contribution in [2.75, 3.05) is 29.2 Å². The summed E-state index contributed by atoms with van der Waals surface area (Å²) in [5.41, 5.74) is 0.133. The van der Waals surface area contributed by atoms with Crippen molar-refractivity contribution in [1.29, 1.82) is 0 Å². The molecule has 1 amide bonds. The Hall–Kier alpha value is -3.18. The van der Waals surface area contributed by atoms with Crippen molar-refractivity contribution in [3.8, 4) is 0 Å². The molecule has 3 rings (SSSR count). The Balaban J connectivity index is 1.55. The molecule has 1 aromatic heterocycles. The third-order valence-electron chi connectivity index (χ3n) is 5.90. The number of rotatable bonds is 7. The number of hydrogen-bond acceptors (Lipinski definition) is 8. The molecule has 0 spiro atoms. The standard InChI is InChI=1S/C22H30F3N7O2/c1-11(2)18-20(33)30-17-12(3)28-21(31-19(17)32(18)6)29-15-7-14(8-15)10-34-13(4)27-9-16(26-5)22(23,24)25/h9,11,14-15,18H,5,7-8,10H2,1-4,6H3,(H,30,33)(H,28,29,31)/b16-9-,27-13+/t14-,15+,18?. The lowest BCUT2D eigenvalue weighted by Gasteiger charge is -2.38. The first kappa shape index (κ1) is 25.4. The van der Waals surface area contributed by atoms with E-state index in [4.69, 9.17) is 4.74 Å². The zero-order chi connectivity index (χ0) is 25.2. The maximum absolute atomic E-state index is 12.6. The smallest absolute Gasteiger partial charge is 0.434 e. The number of carbonyl (C=O) groups excluding carboxylic acids is 1. The van der Waals surface area contributed by atoms with Gasteiger partial charge in [-0.05, 0) is 38.3 Å². The minimum absolute atomic E-state index is 0.0658. The molecule has 0 aromatic carbocycles. The molecule has 186 valence electrons. The van der Waals surface area contributed by atoms with Crippen LogP contribution in [0.25, 0.3) is 0 Å². The second-order valence-corrected chi connectivity index (χ2v) is 8.93. The molecule has 12 heteroatoms. The van der Waals surface area contributed by atoms with Crippen molar-refractivity contribution in [2.24, 2.45) is 21.8 Å². The molecule has 9 nitrogen and oxygen atoms in total. The van der Waals surface area contributed by atoms with E-state index in [0.29, 0.717) is 36.0 Å². The number of aromatic nitrogens is 2. The second kappa shape index (κ2) is 9.98. The third-order valence-corrected chi connectivity index (χ3v) is 5.90. The van der Waals surface area contributed by atoms with E-state index in [-0.39, 0.29) is 35.7 Å². The van der Waals surface area contributed by atoms with Gasteiger partial charge in [0, 0.05) is 20.0 Å². The molecule has 2 aliphatic rings. The molecule has 0 bridgehead atoms. The maximum Gasteiger partial charge on any atom is 0.434 e. The highest BCUT2D eigenvalue weighted by atomic mass is 19.4. The lowest BCUT2D eigenvalue weighted by molar-refractivity contribution is -0.118. The van der Waals surface area contributed by atoms with Crippen LogP contribution in [0.5, 0.6) is 0 Å². The number of halogens is 3. The van der Waals surface area contributed by atoms with Crippen LogP contribution in [-0.4, -0.2) is 60.4 Å². The molecular weight excluding hydrogens is 451 g/mol. The van der Waals surface area contributed by atoms with Gasteiger partial charge in [-0.1, -0.05) is 13.8 Å². The minimum Gasteiger partial charge on any atom is -0.481 e. The van der Waals surface area contributed by atoms with Crippen LogP contribution in [0.2, 0.25) is 0 Å². The van der Waals surface area contributed by atoms with Gasteiger partial charge in [-0.15, -0.1) is 0 Å². The highest BCUT2D eigenvalue weighted by Gasteiger charge is 2.36. The van der Waals surface area contributed by atoms with Crippen molar-refractivity contribution in [3.05, 3.63) is 17.6 Å². The van der Waals surface area contributed by atoms with Gasteiger partial charge in [0.25, 0.3) is 0 Å². The van der Waals surface area contributed by atoms with Gasteiger partial charge in [0.1, 0.15) is 11.7 Å². The zero-order valence-corrected chi connectivity index (χ0v) is 19.9. The Morgan fingerprint density at radius 2 is 2.06 bits per heavy atom. The number of fused-ring (bicyclic) bond motifs is 1. The molecule has 1 fully saturated rings. The van der Waals surface area contributed by atoms with Gasteiger partial charge in [-0.25, -0.2) is 9.98 Å². The summed E-state index contributed by atoms with van der Waals surface area (Å²) < 4.78 is 43.4. The fourth-order valence-corrected chi connectivity index (χ4v) is 4.08. The van der Waals surface area contributed by atoms with Gasteiger partial charge in [-0.2, -0.15) is 18.2 Å². The van der Waals surface area contributed by atoms with Crippen molar-refractivity contribution in [1.82, 2.24) is 9.97 Å². The van der Waals surface area contributed by atoms with Crippen molar-refractivity contribution >= 4 is 36.0 Å². The molecular formula is C22H30F3N7O2. The Labute approximate surface area is 196 Å². The quantitative estimate of drug-likeness (QED) is 0.452. The van der Waals surface area contributed by atoms with Crippen LogP contribution in [-0.2, 0) is 9.53 Å². The summed E-state index contributed by atoms with van der Waals surface area (Å²) in [7, 11) is 1.86. The molecule has 1 aliphatic heterocycles. The molecule has 1 unspecified atom stereocenters. The van der Waals surface area contributed by atoms with E-state index in [1.54, 1.807) is 0 Å². The van der Waals surface area contributed by atoms with Gasteiger partial charge >= 0.3 is 6.18 Å². The molecule has 2 heterocycles. The largest absolute Gasteiger partial charge is 0.481 e. The number of nitrogens with zero attached hydrogens (tertiary/aromatic N) is 5. The fraction of sp³-hybridized carbons (Fsp3) is 0.591. The van der Waals surface area contributed by atoms with Gasteiger partial charge < -0.3 is 20.3 Å². The number of allylic oxidation sites excluding steroid dienone is 1. The normalized spacial score (nSPS) is 23.3. The summed E-state index contributed by atoms with van der Waals surface area (Å²) in [6, 6.07) is -0.163. The summed E-state index contributed by atoms with van der Waals surface area (Å²) in [4.78, 5) is 30.1. The first-order chi connectivity index (χ1) is 15.9. The average molecular weight is 482 g/mol. The van der Waals surface area contributed by atoms with E-state index in [1.807, 2.05) is 32.7 Å². The molecule has 0 radical (unpaired) electrons. The topological polar surface area (TPSA) is 104 Å². The van der Waals surface area contributed by atoms with E-state index in [1.165, 1.54) is 6.92 Å². The van der Waals surface area contributed by atoms with E-state index < -0.39 is 11.9 Å². The van der Waals surface area contributed by atoms with E-state index >= 15 is 0 Å². The Bertz CT molecular complexity index is 1000. The van der Waals surface area contributed by atoms with Crippen LogP contribution in [0.3, 0.4) is 0 Å². The number of likely N-dealkylation sites (N-methyl/N-ethyl adjacent to an activating group) is 1. The Kier molecular flexibility index (Phi) is 7.47. The Morgan fingerprint density at radius 1 is 1.38 bits per heavy atom. The van der Waals surface area contributed by atoms with Crippen LogP contribution < -0.4 is 15.5 Å². The summed E-state index contributed by atoms with van der Waals surface area (Å²) in [6.07, 6.45) is -2.41. The van der Waals surface area contributed by atoms with Gasteiger partial charge in [0.2, 0.25) is 11.9 Å². The van der Waals surface area contributed by atoms with E-state index in [0.717, 1.165) is 12.8 Å². The maximum atomic E-state index is 12.6. The third kappa shape index (κ3) is 5.65. The summed E-state index contributed by atoms with van der Waals surface area (Å²) >= 11 is 0. The predicted molar refractivity (Wildman–Crippen MR) is 125 cm³/mol. The summed E-state index contributed by atoms with van der Waals surface area (Å²) in [6.45, 7) is 10.6. The van der Waals surface area contributed by atoms with Crippen LogP contribution in [0.15, 0.2) is 21.9 Å². The highest BCUT2D eigenvalue weighted by Crippen LogP contribution is 2.35. The number of amides is 1. The van der Waals surface area contributed by atoms with Gasteiger partial charge in [0.15, 0.2) is 17.4 Å². The molecule has 1 saturated carbocycles. The zero-order valence-electron chi connectivity index (χ0n) is 19.9. The van der Waals surface area contributed by atoms with Crippen LogP contribution >= 0.6 is 0 Å². The predicted octanol–water partition coefficient (Wildman–Crippen LogP) is 3.93. The van der Waals surface area contributed by atoms with Crippen molar-refractivity contribution < 1.29 is 22.7 Å². The number of aliphatic imine (C=N–C) groups is 2. The number of carbonyl (C=O) groups is 1. The van der Waals surface area contributed by atoms with E-state index in [9.17, 15) is 18.0 Å². The number of nitrogens with one attached hydrogen (secondary N) is 2. The lowest BCUT2D eigenvalue weighted by Crippen LogP contribution is -2.50. The number of anilines is 3. The fourth-order valence-electron chi connectivity index (χ4n) is 4.08. The van der Waals surface area contributed by atoms with E-state index in [2.05, 4.69) is 37.3 Å². The molecule has 0 saturated heterocycles. The number of aryl methyl sites for hydroxylation is 1. The summed E-state index contributed by atoms with van der Waals surface area (Å²) in [5, 5.41) is 6.25. The second-order valence-electron chi connectivity index (χ2n) is 8.93. The molecule has 2 N–H and O–H groups in total. The average Bonchev–Trinajstić information content (AvgIpc) is 2.69. The molecule has 1 atom stereocenters.